The van der Waals surface area contributed by atoms with Crippen LogP contribution in [0.25, 0.3) is 16.9 Å². The first kappa shape index (κ1) is 24.1. The van der Waals surface area contributed by atoms with Crippen molar-refractivity contribution in [3.63, 3.8) is 0 Å². The lowest BCUT2D eigenvalue weighted by Gasteiger charge is -2.32. The van der Waals surface area contributed by atoms with Gasteiger partial charge in [-0.3, -0.25) is 9.59 Å². The molecule has 0 bridgehead atoms. The minimum absolute atomic E-state index is 0.0463. The minimum atomic E-state index is -0.305. The number of nitrogens with zero attached hydrogens (tertiary/aromatic N) is 7. The second kappa shape index (κ2) is 10.5. The van der Waals surface area contributed by atoms with E-state index >= 15 is 0 Å². The summed E-state index contributed by atoms with van der Waals surface area (Å²) in [6, 6.07) is 5.60. The van der Waals surface area contributed by atoms with E-state index in [1.165, 1.54) is 12.4 Å². The summed E-state index contributed by atoms with van der Waals surface area (Å²) in [6.45, 7) is 7.36. The first-order valence-corrected chi connectivity index (χ1v) is 11.6. The molecule has 2 N–H and O–H groups in total. The van der Waals surface area contributed by atoms with Gasteiger partial charge in [-0.25, -0.2) is 9.97 Å². The SMILES string of the molecule is CC(C)Nc1cc(-n2ncc3cc(C#N)cnc32)ncc1C(=O)NCCC(=O)N1CCN(C)CC1. The Morgan fingerprint density at radius 3 is 2.60 bits per heavy atom. The Labute approximate surface area is 203 Å². The van der Waals surface area contributed by atoms with E-state index in [4.69, 9.17) is 5.26 Å². The van der Waals surface area contributed by atoms with Crippen molar-refractivity contribution >= 4 is 28.5 Å². The molecule has 0 atom stereocenters. The Hall–Kier alpha value is -4.04. The summed E-state index contributed by atoms with van der Waals surface area (Å²) in [7, 11) is 2.04. The number of rotatable bonds is 7. The zero-order valence-electron chi connectivity index (χ0n) is 20.2. The number of carbonyl (C=O) groups excluding carboxylic acids is 2. The van der Waals surface area contributed by atoms with Crippen LogP contribution >= 0.6 is 0 Å². The standard InChI is InChI=1S/C24H29N9O2/c1-16(2)30-20-11-21(33-23-18(14-29-33)10-17(12-25)13-28-23)27-15-19(20)24(35)26-5-4-22(34)32-8-6-31(3)7-9-32/h10-11,13-16H,4-9H2,1-3H3,(H,26,35)(H,27,30). The van der Waals surface area contributed by atoms with Crippen LogP contribution in [0.3, 0.4) is 0 Å². The van der Waals surface area contributed by atoms with E-state index in [-0.39, 0.29) is 30.8 Å². The maximum atomic E-state index is 12.9. The van der Waals surface area contributed by atoms with Gasteiger partial charge in [0.1, 0.15) is 6.07 Å². The molecule has 11 nitrogen and oxygen atoms in total. The topological polar surface area (TPSA) is 132 Å². The average molecular weight is 476 g/mol. The highest BCUT2D eigenvalue weighted by atomic mass is 16.2. The maximum Gasteiger partial charge on any atom is 0.254 e. The second-order valence-corrected chi connectivity index (χ2v) is 8.88. The van der Waals surface area contributed by atoms with E-state index in [9.17, 15) is 9.59 Å². The Bertz CT molecular complexity index is 1270. The van der Waals surface area contributed by atoms with Gasteiger partial charge >= 0.3 is 0 Å². The first-order chi connectivity index (χ1) is 16.9. The molecule has 11 heteroatoms. The Balaban J connectivity index is 1.48. The summed E-state index contributed by atoms with van der Waals surface area (Å²) in [6.07, 6.45) is 4.86. The van der Waals surface area contributed by atoms with Crippen LogP contribution < -0.4 is 10.6 Å². The molecule has 4 rings (SSSR count). The third kappa shape index (κ3) is 5.55. The summed E-state index contributed by atoms with van der Waals surface area (Å²) in [5.74, 6) is 0.229. The lowest BCUT2D eigenvalue weighted by molar-refractivity contribution is -0.132. The van der Waals surface area contributed by atoms with Gasteiger partial charge in [-0.15, -0.1) is 0 Å². The van der Waals surface area contributed by atoms with Crippen molar-refractivity contribution in [1.82, 2.24) is 34.9 Å². The van der Waals surface area contributed by atoms with E-state index in [2.05, 4.69) is 36.7 Å². The molecule has 1 fully saturated rings. The first-order valence-electron chi connectivity index (χ1n) is 11.6. The Kier molecular flexibility index (Phi) is 7.22. The molecule has 0 spiro atoms. The third-order valence-corrected chi connectivity index (χ3v) is 5.81. The summed E-state index contributed by atoms with van der Waals surface area (Å²) < 4.78 is 1.57. The number of hydrogen-bond acceptors (Lipinski definition) is 8. The lowest BCUT2D eigenvalue weighted by atomic mass is 10.2. The van der Waals surface area contributed by atoms with Crippen LogP contribution in [0.4, 0.5) is 5.69 Å². The van der Waals surface area contributed by atoms with Crippen LogP contribution in [-0.2, 0) is 4.79 Å². The zero-order valence-corrected chi connectivity index (χ0v) is 20.2. The van der Waals surface area contributed by atoms with Gasteiger partial charge in [-0.05, 0) is 27.0 Å². The molecule has 2 amide bonds. The fraction of sp³-hybridized carbons (Fsp3) is 0.417. The molecule has 0 unspecified atom stereocenters. The van der Waals surface area contributed by atoms with Crippen LogP contribution in [0.1, 0.15) is 36.2 Å². The molecular formula is C24H29N9O2. The van der Waals surface area contributed by atoms with Gasteiger partial charge in [-0.2, -0.15) is 15.0 Å². The molecule has 1 aliphatic rings. The largest absolute Gasteiger partial charge is 0.382 e. The molecule has 0 saturated carbocycles. The van der Waals surface area contributed by atoms with Crippen molar-refractivity contribution in [3.05, 3.63) is 41.9 Å². The molecule has 3 aromatic rings. The minimum Gasteiger partial charge on any atom is -0.382 e. The molecule has 3 aromatic heterocycles. The quantitative estimate of drug-likeness (QED) is 0.524. The number of fused-ring (bicyclic) bond motifs is 1. The fourth-order valence-corrected chi connectivity index (χ4v) is 3.91. The number of nitriles is 1. The summed E-state index contributed by atoms with van der Waals surface area (Å²) >= 11 is 0. The number of likely N-dealkylation sites (N-methyl/N-ethyl adjacent to an activating group) is 1. The van der Waals surface area contributed by atoms with Crippen LogP contribution in [0.5, 0.6) is 0 Å². The second-order valence-electron chi connectivity index (χ2n) is 8.88. The van der Waals surface area contributed by atoms with E-state index in [1.54, 1.807) is 23.0 Å². The fourth-order valence-electron chi connectivity index (χ4n) is 3.91. The van der Waals surface area contributed by atoms with Crippen molar-refractivity contribution in [3.8, 4) is 11.9 Å². The summed E-state index contributed by atoms with van der Waals surface area (Å²) in [5, 5.41) is 20.3. The zero-order chi connectivity index (χ0) is 24.9. The maximum absolute atomic E-state index is 12.9. The number of amides is 2. The van der Waals surface area contributed by atoms with Crippen LogP contribution in [0.2, 0.25) is 0 Å². The van der Waals surface area contributed by atoms with Gasteiger partial charge in [0.2, 0.25) is 5.91 Å². The summed E-state index contributed by atoms with van der Waals surface area (Å²) in [5.41, 5.74) is 1.99. The average Bonchev–Trinajstić information content (AvgIpc) is 3.27. The monoisotopic (exact) mass is 475 g/mol. The molecule has 1 saturated heterocycles. The van der Waals surface area contributed by atoms with Crippen molar-refractivity contribution in [1.29, 1.82) is 5.26 Å². The van der Waals surface area contributed by atoms with E-state index in [1.807, 2.05) is 25.8 Å². The van der Waals surface area contributed by atoms with Gasteiger partial charge in [0.25, 0.3) is 5.91 Å². The Morgan fingerprint density at radius 1 is 1.11 bits per heavy atom. The van der Waals surface area contributed by atoms with Crippen molar-refractivity contribution in [2.45, 2.75) is 26.3 Å². The molecule has 182 valence electrons. The molecule has 35 heavy (non-hydrogen) atoms. The van der Waals surface area contributed by atoms with Crippen LogP contribution in [0.15, 0.2) is 30.7 Å². The predicted molar refractivity (Wildman–Crippen MR) is 131 cm³/mol. The molecule has 0 aliphatic carbocycles. The molecule has 1 aliphatic heterocycles. The number of piperazine rings is 1. The van der Waals surface area contributed by atoms with Gasteiger partial charge in [0.05, 0.1) is 23.0 Å². The van der Waals surface area contributed by atoms with Gasteiger partial charge in [0.15, 0.2) is 11.5 Å². The van der Waals surface area contributed by atoms with E-state index < -0.39 is 0 Å². The highest BCUT2D eigenvalue weighted by Gasteiger charge is 2.20. The van der Waals surface area contributed by atoms with Crippen molar-refractivity contribution < 1.29 is 9.59 Å². The van der Waals surface area contributed by atoms with Gasteiger partial charge in [-0.1, -0.05) is 0 Å². The molecule has 0 radical (unpaired) electrons. The van der Waals surface area contributed by atoms with E-state index in [0.29, 0.717) is 41.4 Å². The van der Waals surface area contributed by atoms with Crippen LogP contribution in [-0.4, -0.2) is 87.2 Å². The van der Waals surface area contributed by atoms with Gasteiger partial charge in [0, 0.05) is 69.0 Å². The number of hydrogen-bond donors (Lipinski definition) is 2. The number of anilines is 1. The normalized spacial score (nSPS) is 14.2. The Morgan fingerprint density at radius 2 is 1.89 bits per heavy atom. The van der Waals surface area contributed by atoms with E-state index in [0.717, 1.165) is 18.5 Å². The smallest absolute Gasteiger partial charge is 0.254 e. The van der Waals surface area contributed by atoms with Crippen molar-refractivity contribution in [2.24, 2.45) is 0 Å². The summed E-state index contributed by atoms with van der Waals surface area (Å²) in [4.78, 5) is 38.2. The number of pyridine rings is 2. The van der Waals surface area contributed by atoms with Gasteiger partial charge < -0.3 is 20.4 Å². The number of aromatic nitrogens is 4. The molecular weight excluding hydrogens is 446 g/mol. The lowest BCUT2D eigenvalue weighted by Crippen LogP contribution is -2.47. The number of nitrogens with one attached hydrogen (secondary N) is 2. The third-order valence-electron chi connectivity index (χ3n) is 5.81. The molecule has 0 aromatic carbocycles. The van der Waals surface area contributed by atoms with Crippen LogP contribution in [0, 0.1) is 11.3 Å². The highest BCUT2D eigenvalue weighted by molar-refractivity contribution is 5.99. The number of carbonyl (C=O) groups is 2. The van der Waals surface area contributed by atoms with Crippen molar-refractivity contribution in [2.75, 3.05) is 45.1 Å². The molecule has 4 heterocycles. The highest BCUT2D eigenvalue weighted by Crippen LogP contribution is 2.22. The predicted octanol–water partition coefficient (Wildman–Crippen LogP) is 1.40.